The van der Waals surface area contributed by atoms with E-state index in [9.17, 15) is 20.1 Å². The van der Waals surface area contributed by atoms with E-state index >= 15 is 0 Å². The molecule has 0 amide bonds. The predicted molar refractivity (Wildman–Crippen MR) is 101 cm³/mol. The lowest BCUT2D eigenvalue weighted by molar-refractivity contribution is -0.189. The van der Waals surface area contributed by atoms with Crippen LogP contribution in [0.25, 0.3) is 11.1 Å². The molecule has 4 atom stereocenters. The number of carbonyl (C=O) groups excluding carboxylic acids is 1. The summed E-state index contributed by atoms with van der Waals surface area (Å²) in [6.45, 7) is 0.296. The van der Waals surface area contributed by atoms with Crippen LogP contribution in [0.1, 0.15) is 17.2 Å². The van der Waals surface area contributed by atoms with Crippen LogP contribution in [0.15, 0.2) is 48.5 Å². The van der Waals surface area contributed by atoms with Crippen LogP contribution in [0.3, 0.4) is 0 Å². The summed E-state index contributed by atoms with van der Waals surface area (Å²) in [5.74, 6) is -0.606. The molecule has 3 N–H and O–H groups in total. The molecule has 0 radical (unpaired) electrons. The largest absolute Gasteiger partial charge is 0.394 e. The van der Waals surface area contributed by atoms with E-state index in [4.69, 9.17) is 4.74 Å². The van der Waals surface area contributed by atoms with Crippen molar-refractivity contribution in [2.24, 2.45) is 0 Å². The molecule has 1 aliphatic rings. The highest BCUT2D eigenvalue weighted by molar-refractivity contribution is 5.90. The Labute approximate surface area is 158 Å². The molecule has 0 saturated carbocycles. The van der Waals surface area contributed by atoms with Crippen LogP contribution in [0.2, 0.25) is 0 Å². The average Bonchev–Trinajstić information content (AvgIpc) is 2.66. The van der Waals surface area contributed by atoms with Crippen molar-refractivity contribution in [1.29, 1.82) is 0 Å². The highest BCUT2D eigenvalue weighted by atomic mass is 16.5. The van der Waals surface area contributed by atoms with E-state index in [0.29, 0.717) is 5.56 Å². The van der Waals surface area contributed by atoms with Gasteiger partial charge in [-0.25, -0.2) is 0 Å². The molecular formula is C21H25NO5. The molecule has 1 aliphatic heterocycles. The number of carbonyl (C=O) groups is 1. The number of rotatable bonds is 5. The van der Waals surface area contributed by atoms with Crippen LogP contribution in [-0.4, -0.2) is 65.0 Å². The van der Waals surface area contributed by atoms with E-state index in [1.54, 1.807) is 6.07 Å². The number of benzene rings is 2. The van der Waals surface area contributed by atoms with Gasteiger partial charge >= 0.3 is 0 Å². The average molecular weight is 371 g/mol. The first kappa shape index (κ1) is 19.7. The summed E-state index contributed by atoms with van der Waals surface area (Å²) in [6.07, 6.45) is -5.04. The standard InChI is InChI=1S/C21H25NO5/c1-22(2)11-15-6-3-4-9-16(15)13-7-5-8-14(10-13)21-20(26)19(25)18(24)17(12-23)27-21/h3-10,17-19,21,23-25H,11-12H2,1-2H3. The molecule has 3 rings (SSSR count). The summed E-state index contributed by atoms with van der Waals surface area (Å²) < 4.78 is 5.58. The van der Waals surface area contributed by atoms with Gasteiger partial charge in [-0.3, -0.25) is 4.79 Å². The van der Waals surface area contributed by atoms with Crippen molar-refractivity contribution in [2.75, 3.05) is 20.7 Å². The Bertz CT molecular complexity index is 807. The zero-order valence-electron chi connectivity index (χ0n) is 15.4. The topological polar surface area (TPSA) is 90.2 Å². The number of hydrogen-bond acceptors (Lipinski definition) is 6. The number of aliphatic hydroxyl groups excluding tert-OH is 3. The van der Waals surface area contributed by atoms with Gasteiger partial charge in [0, 0.05) is 6.54 Å². The summed E-state index contributed by atoms with van der Waals surface area (Å²) >= 11 is 0. The molecule has 2 aromatic rings. The monoisotopic (exact) mass is 371 g/mol. The summed E-state index contributed by atoms with van der Waals surface area (Å²) in [4.78, 5) is 14.5. The Morgan fingerprint density at radius 2 is 1.81 bits per heavy atom. The molecular weight excluding hydrogens is 346 g/mol. The number of aliphatic hydroxyl groups is 3. The summed E-state index contributed by atoms with van der Waals surface area (Å²) in [6, 6.07) is 15.4. The zero-order chi connectivity index (χ0) is 19.6. The first-order chi connectivity index (χ1) is 12.9. The Kier molecular flexibility index (Phi) is 6.04. The minimum absolute atomic E-state index is 0.479. The summed E-state index contributed by atoms with van der Waals surface area (Å²) in [5.41, 5.74) is 3.72. The van der Waals surface area contributed by atoms with Crippen molar-refractivity contribution in [3.8, 4) is 11.1 Å². The third-order valence-electron chi connectivity index (χ3n) is 4.75. The molecule has 0 spiro atoms. The first-order valence-corrected chi connectivity index (χ1v) is 8.91. The van der Waals surface area contributed by atoms with Gasteiger partial charge in [-0.1, -0.05) is 42.5 Å². The number of ketones is 1. The second-order valence-electron chi connectivity index (χ2n) is 7.10. The van der Waals surface area contributed by atoms with Gasteiger partial charge in [0.05, 0.1) is 6.61 Å². The minimum atomic E-state index is -1.58. The molecule has 1 heterocycles. The number of ether oxygens (including phenoxy) is 1. The summed E-state index contributed by atoms with van der Waals surface area (Å²) in [5, 5.41) is 29.2. The van der Waals surface area contributed by atoms with Gasteiger partial charge < -0.3 is 25.0 Å². The van der Waals surface area contributed by atoms with Crippen molar-refractivity contribution >= 4 is 5.78 Å². The van der Waals surface area contributed by atoms with Crippen molar-refractivity contribution in [1.82, 2.24) is 4.90 Å². The van der Waals surface area contributed by atoms with Crippen LogP contribution in [0, 0.1) is 0 Å². The molecule has 1 fully saturated rings. The quantitative estimate of drug-likeness (QED) is 0.730. The van der Waals surface area contributed by atoms with Gasteiger partial charge in [0.1, 0.15) is 24.4 Å². The number of nitrogens with zero attached hydrogens (tertiary/aromatic N) is 1. The van der Waals surface area contributed by atoms with E-state index in [1.807, 2.05) is 50.5 Å². The second-order valence-corrected chi connectivity index (χ2v) is 7.10. The first-order valence-electron chi connectivity index (χ1n) is 8.91. The zero-order valence-corrected chi connectivity index (χ0v) is 15.4. The van der Waals surface area contributed by atoms with E-state index in [-0.39, 0.29) is 0 Å². The van der Waals surface area contributed by atoms with Gasteiger partial charge in [-0.2, -0.15) is 0 Å². The molecule has 4 unspecified atom stereocenters. The van der Waals surface area contributed by atoms with Crippen molar-refractivity contribution in [2.45, 2.75) is 31.0 Å². The van der Waals surface area contributed by atoms with E-state index in [1.165, 1.54) is 0 Å². The molecule has 0 bridgehead atoms. The Hall–Kier alpha value is -2.09. The van der Waals surface area contributed by atoms with Crippen molar-refractivity contribution in [3.05, 3.63) is 59.7 Å². The van der Waals surface area contributed by atoms with Gasteiger partial charge in [-0.15, -0.1) is 0 Å². The Morgan fingerprint density at radius 3 is 2.52 bits per heavy atom. The maximum Gasteiger partial charge on any atom is 0.197 e. The SMILES string of the molecule is CN(C)Cc1ccccc1-c1cccc(C2OC(CO)C(O)C(O)C2=O)c1. The van der Waals surface area contributed by atoms with Crippen molar-refractivity contribution < 1.29 is 24.9 Å². The highest BCUT2D eigenvalue weighted by Crippen LogP contribution is 2.32. The predicted octanol–water partition coefficient (Wildman–Crippen LogP) is 1.14. The van der Waals surface area contributed by atoms with Crippen LogP contribution in [0.5, 0.6) is 0 Å². The van der Waals surface area contributed by atoms with Gasteiger partial charge in [0.25, 0.3) is 0 Å². The third-order valence-corrected chi connectivity index (χ3v) is 4.75. The van der Waals surface area contributed by atoms with Crippen LogP contribution in [0.4, 0.5) is 0 Å². The molecule has 2 aromatic carbocycles. The van der Waals surface area contributed by atoms with Crippen LogP contribution < -0.4 is 0 Å². The fraction of sp³-hybridized carbons (Fsp3) is 0.381. The molecule has 0 aliphatic carbocycles. The van der Waals surface area contributed by atoms with E-state index < -0.39 is 36.8 Å². The van der Waals surface area contributed by atoms with Gasteiger partial charge in [0.15, 0.2) is 5.78 Å². The maximum absolute atomic E-state index is 12.4. The fourth-order valence-corrected chi connectivity index (χ4v) is 3.39. The summed E-state index contributed by atoms with van der Waals surface area (Å²) in [7, 11) is 4.01. The molecule has 6 heteroatoms. The second kappa shape index (κ2) is 8.29. The fourth-order valence-electron chi connectivity index (χ4n) is 3.39. The third kappa shape index (κ3) is 4.10. The number of Topliss-reactive ketones (excluding diaryl/α,β-unsaturated/α-hetero) is 1. The lowest BCUT2D eigenvalue weighted by Gasteiger charge is -2.35. The van der Waals surface area contributed by atoms with Crippen molar-refractivity contribution in [3.63, 3.8) is 0 Å². The van der Waals surface area contributed by atoms with E-state index in [2.05, 4.69) is 11.0 Å². The van der Waals surface area contributed by atoms with Gasteiger partial charge in [-0.05, 0) is 42.4 Å². The van der Waals surface area contributed by atoms with Crippen LogP contribution in [-0.2, 0) is 16.1 Å². The van der Waals surface area contributed by atoms with Gasteiger partial charge in [0.2, 0.25) is 0 Å². The maximum atomic E-state index is 12.4. The Balaban J connectivity index is 1.96. The lowest BCUT2D eigenvalue weighted by atomic mass is 9.90. The minimum Gasteiger partial charge on any atom is -0.394 e. The molecule has 1 saturated heterocycles. The van der Waals surface area contributed by atoms with E-state index in [0.717, 1.165) is 23.2 Å². The highest BCUT2D eigenvalue weighted by Gasteiger charge is 2.43. The molecule has 0 aromatic heterocycles. The van der Waals surface area contributed by atoms with Crippen LogP contribution >= 0.6 is 0 Å². The normalized spacial score (nSPS) is 25.8. The lowest BCUT2D eigenvalue weighted by Crippen LogP contribution is -2.53. The molecule has 6 nitrogen and oxygen atoms in total. The number of hydrogen-bond donors (Lipinski definition) is 3. The smallest absolute Gasteiger partial charge is 0.197 e. The molecule has 27 heavy (non-hydrogen) atoms. The Morgan fingerprint density at radius 1 is 1.07 bits per heavy atom. The molecule has 144 valence electrons.